The largest absolute Gasteiger partial charge is 0.294 e. The second-order valence-corrected chi connectivity index (χ2v) is 6.80. The molecule has 1 aliphatic rings. The number of carbonyl (C=O) groups is 1. The highest BCUT2D eigenvalue weighted by molar-refractivity contribution is 6.44. The van der Waals surface area contributed by atoms with Crippen LogP contribution in [0.15, 0.2) is 18.2 Å². The van der Waals surface area contributed by atoms with Gasteiger partial charge in [-0.1, -0.05) is 56.0 Å². The Labute approximate surface area is 125 Å². The van der Waals surface area contributed by atoms with Gasteiger partial charge in [-0.25, -0.2) is 0 Å². The summed E-state index contributed by atoms with van der Waals surface area (Å²) in [6, 6.07) is 5.33. The van der Waals surface area contributed by atoms with Crippen LogP contribution in [-0.2, 0) is 0 Å². The monoisotopic (exact) mass is 298 g/mol. The topological polar surface area (TPSA) is 17.1 Å². The van der Waals surface area contributed by atoms with Gasteiger partial charge in [-0.3, -0.25) is 4.79 Å². The lowest BCUT2D eigenvalue weighted by atomic mass is 9.73. The number of benzene rings is 1. The molecule has 0 aliphatic heterocycles. The Hall–Kier alpha value is -0.530. The first kappa shape index (κ1) is 14.9. The standard InChI is InChI=1S/C16H20Cl2O/c1-11(2)10-16(8-3-4-9-16)15(19)12-6-5-7-13(17)14(12)18/h5-7,11H,3-4,8-10H2,1-2H3. The highest BCUT2D eigenvalue weighted by Crippen LogP contribution is 2.46. The zero-order chi connectivity index (χ0) is 14.0. The molecule has 0 N–H and O–H groups in total. The number of halogens is 2. The van der Waals surface area contributed by atoms with Gasteiger partial charge in [0.15, 0.2) is 5.78 Å². The highest BCUT2D eigenvalue weighted by atomic mass is 35.5. The second kappa shape index (κ2) is 5.85. The van der Waals surface area contributed by atoms with Crippen molar-refractivity contribution in [2.24, 2.45) is 11.3 Å². The molecule has 0 bridgehead atoms. The minimum atomic E-state index is -0.220. The average Bonchev–Trinajstić information content (AvgIpc) is 2.80. The maximum absolute atomic E-state index is 12.9. The zero-order valence-electron chi connectivity index (χ0n) is 11.5. The van der Waals surface area contributed by atoms with Crippen LogP contribution in [0.5, 0.6) is 0 Å². The van der Waals surface area contributed by atoms with Crippen molar-refractivity contribution >= 4 is 29.0 Å². The van der Waals surface area contributed by atoms with Crippen molar-refractivity contribution in [1.29, 1.82) is 0 Å². The molecule has 104 valence electrons. The Morgan fingerprint density at radius 2 is 1.89 bits per heavy atom. The van der Waals surface area contributed by atoms with Crippen LogP contribution in [0, 0.1) is 11.3 Å². The van der Waals surface area contributed by atoms with Crippen LogP contribution in [0.2, 0.25) is 10.0 Å². The molecule has 1 fully saturated rings. The van der Waals surface area contributed by atoms with Crippen LogP contribution in [0.4, 0.5) is 0 Å². The summed E-state index contributed by atoms with van der Waals surface area (Å²) in [5, 5.41) is 0.870. The summed E-state index contributed by atoms with van der Waals surface area (Å²) in [4.78, 5) is 12.9. The predicted octanol–water partition coefficient (Wildman–Crippen LogP) is 5.78. The molecule has 1 aromatic carbocycles. The van der Waals surface area contributed by atoms with E-state index in [1.165, 1.54) is 0 Å². The second-order valence-electron chi connectivity index (χ2n) is 6.02. The van der Waals surface area contributed by atoms with E-state index in [1.54, 1.807) is 18.2 Å². The fourth-order valence-corrected chi connectivity index (χ4v) is 3.71. The van der Waals surface area contributed by atoms with Crippen LogP contribution >= 0.6 is 23.2 Å². The van der Waals surface area contributed by atoms with Crippen molar-refractivity contribution in [2.45, 2.75) is 46.0 Å². The fourth-order valence-electron chi connectivity index (χ4n) is 3.32. The maximum atomic E-state index is 12.9. The maximum Gasteiger partial charge on any atom is 0.170 e. The van der Waals surface area contributed by atoms with Crippen molar-refractivity contribution in [3.63, 3.8) is 0 Å². The van der Waals surface area contributed by atoms with E-state index in [2.05, 4.69) is 13.8 Å². The predicted molar refractivity (Wildman–Crippen MR) is 81.1 cm³/mol. The van der Waals surface area contributed by atoms with E-state index in [9.17, 15) is 4.79 Å². The average molecular weight is 299 g/mol. The van der Waals surface area contributed by atoms with Gasteiger partial charge in [-0.05, 0) is 37.3 Å². The van der Waals surface area contributed by atoms with Crippen molar-refractivity contribution in [2.75, 3.05) is 0 Å². The van der Waals surface area contributed by atoms with Gasteiger partial charge < -0.3 is 0 Å². The van der Waals surface area contributed by atoms with Crippen LogP contribution in [-0.4, -0.2) is 5.78 Å². The Kier molecular flexibility index (Phi) is 4.58. The molecule has 0 heterocycles. The lowest BCUT2D eigenvalue weighted by Crippen LogP contribution is -2.30. The van der Waals surface area contributed by atoms with Crippen LogP contribution in [0.25, 0.3) is 0 Å². The van der Waals surface area contributed by atoms with E-state index in [0.717, 1.165) is 32.1 Å². The van der Waals surface area contributed by atoms with Gasteiger partial charge in [0.25, 0.3) is 0 Å². The molecule has 19 heavy (non-hydrogen) atoms. The Bertz CT molecular complexity index is 474. The molecule has 0 amide bonds. The van der Waals surface area contributed by atoms with Gasteiger partial charge in [0, 0.05) is 11.0 Å². The molecule has 0 atom stereocenters. The fraction of sp³-hybridized carbons (Fsp3) is 0.562. The van der Waals surface area contributed by atoms with E-state index in [0.29, 0.717) is 21.5 Å². The number of Topliss-reactive ketones (excluding diaryl/α,β-unsaturated/α-hetero) is 1. The van der Waals surface area contributed by atoms with Gasteiger partial charge in [0.2, 0.25) is 0 Å². The van der Waals surface area contributed by atoms with Crippen LogP contribution < -0.4 is 0 Å². The van der Waals surface area contributed by atoms with Gasteiger partial charge in [-0.15, -0.1) is 0 Å². The number of ketones is 1. The van der Waals surface area contributed by atoms with Crippen LogP contribution in [0.1, 0.15) is 56.3 Å². The van der Waals surface area contributed by atoms with E-state index < -0.39 is 0 Å². The summed E-state index contributed by atoms with van der Waals surface area (Å²) in [5.74, 6) is 0.700. The summed E-state index contributed by atoms with van der Waals surface area (Å²) in [6.07, 6.45) is 5.17. The first-order valence-corrected chi connectivity index (χ1v) is 7.71. The third kappa shape index (κ3) is 2.98. The number of hydrogen-bond donors (Lipinski definition) is 0. The molecule has 0 aromatic heterocycles. The summed E-state index contributed by atoms with van der Waals surface area (Å²) in [6.45, 7) is 4.35. The molecular formula is C16H20Cl2O. The molecule has 1 aliphatic carbocycles. The molecule has 3 heteroatoms. The summed E-state index contributed by atoms with van der Waals surface area (Å²) >= 11 is 12.2. The smallest absolute Gasteiger partial charge is 0.170 e. The van der Waals surface area contributed by atoms with Gasteiger partial charge in [-0.2, -0.15) is 0 Å². The summed E-state index contributed by atoms with van der Waals surface area (Å²) < 4.78 is 0. The van der Waals surface area contributed by atoms with E-state index in [-0.39, 0.29) is 11.2 Å². The van der Waals surface area contributed by atoms with E-state index >= 15 is 0 Å². The molecule has 1 aromatic rings. The minimum absolute atomic E-state index is 0.186. The van der Waals surface area contributed by atoms with Gasteiger partial charge in [0.05, 0.1) is 10.0 Å². The quantitative estimate of drug-likeness (QED) is 0.644. The van der Waals surface area contributed by atoms with Crippen molar-refractivity contribution in [3.05, 3.63) is 33.8 Å². The lowest BCUT2D eigenvalue weighted by molar-refractivity contribution is 0.0760. The third-order valence-electron chi connectivity index (χ3n) is 4.04. The summed E-state index contributed by atoms with van der Waals surface area (Å²) in [7, 11) is 0. The molecule has 1 saturated carbocycles. The number of hydrogen-bond acceptors (Lipinski definition) is 1. The minimum Gasteiger partial charge on any atom is -0.294 e. The molecular weight excluding hydrogens is 279 g/mol. The molecule has 0 unspecified atom stereocenters. The molecule has 2 rings (SSSR count). The lowest BCUT2D eigenvalue weighted by Gasteiger charge is -2.29. The van der Waals surface area contributed by atoms with Gasteiger partial charge in [0.1, 0.15) is 0 Å². The highest BCUT2D eigenvalue weighted by Gasteiger charge is 2.42. The van der Waals surface area contributed by atoms with Crippen molar-refractivity contribution < 1.29 is 4.79 Å². The summed E-state index contributed by atoms with van der Waals surface area (Å²) in [5.41, 5.74) is 0.374. The van der Waals surface area contributed by atoms with Crippen molar-refractivity contribution in [3.8, 4) is 0 Å². The first-order chi connectivity index (χ1) is 8.96. The molecule has 1 nitrogen and oxygen atoms in total. The number of rotatable bonds is 4. The Balaban J connectivity index is 2.37. The Morgan fingerprint density at radius 3 is 2.47 bits per heavy atom. The van der Waals surface area contributed by atoms with E-state index in [4.69, 9.17) is 23.2 Å². The molecule has 0 spiro atoms. The zero-order valence-corrected chi connectivity index (χ0v) is 13.0. The van der Waals surface area contributed by atoms with Crippen molar-refractivity contribution in [1.82, 2.24) is 0 Å². The van der Waals surface area contributed by atoms with Gasteiger partial charge >= 0.3 is 0 Å². The molecule has 0 radical (unpaired) electrons. The van der Waals surface area contributed by atoms with E-state index in [1.807, 2.05) is 0 Å². The normalized spacial score (nSPS) is 17.9. The third-order valence-corrected chi connectivity index (χ3v) is 4.86. The first-order valence-electron chi connectivity index (χ1n) is 6.95. The SMILES string of the molecule is CC(C)CC1(C(=O)c2cccc(Cl)c2Cl)CCCC1. The Morgan fingerprint density at radius 1 is 1.26 bits per heavy atom. The molecule has 0 saturated heterocycles. The van der Waals surface area contributed by atoms with Crippen LogP contribution in [0.3, 0.4) is 0 Å². The number of carbonyl (C=O) groups excluding carboxylic acids is 1.